The van der Waals surface area contributed by atoms with Gasteiger partial charge in [0.15, 0.2) is 0 Å². The molecule has 0 radical (unpaired) electrons. The maximum atomic E-state index is 14.3. The van der Waals surface area contributed by atoms with E-state index < -0.39 is 24.3 Å². The summed E-state index contributed by atoms with van der Waals surface area (Å²) in [4.78, 5) is 73.1. The SMILES string of the molecule is COC(=O)N[C@H](C(=O)N1CC2(CC2)C[C@H]1c1ncc(-c2ccc(C#Cc3ccc4nc([C@@H]5CC6C([C@@H]6C)N5C(=O)[C@H](NC(=O)OC)c5ccccc5)[nH]c4c3)cc2)[nH]1)C(C)C. The van der Waals surface area contributed by atoms with Gasteiger partial charge in [0.2, 0.25) is 5.91 Å². The molecule has 4 aliphatic rings. The van der Waals surface area contributed by atoms with Crippen LogP contribution in [0.15, 0.2) is 79.0 Å². The molecule has 61 heavy (non-hydrogen) atoms. The summed E-state index contributed by atoms with van der Waals surface area (Å²) in [5, 5.41) is 5.50. The number of hydrogen-bond acceptors (Lipinski definition) is 8. The van der Waals surface area contributed by atoms with Gasteiger partial charge in [-0.2, -0.15) is 0 Å². The van der Waals surface area contributed by atoms with Crippen molar-refractivity contribution in [3.05, 3.63) is 107 Å². The van der Waals surface area contributed by atoms with Crippen LogP contribution in [0.4, 0.5) is 9.59 Å². The Morgan fingerprint density at radius 3 is 2.26 bits per heavy atom. The van der Waals surface area contributed by atoms with Crippen LogP contribution in [-0.2, 0) is 19.1 Å². The summed E-state index contributed by atoms with van der Waals surface area (Å²) >= 11 is 0. The van der Waals surface area contributed by atoms with E-state index in [-0.39, 0.29) is 41.3 Å². The molecule has 2 aliphatic carbocycles. The molecular formula is C47H50N8O6. The van der Waals surface area contributed by atoms with E-state index in [0.29, 0.717) is 29.8 Å². The minimum absolute atomic E-state index is 0.0727. The van der Waals surface area contributed by atoms with Gasteiger partial charge in [0.1, 0.15) is 23.7 Å². The van der Waals surface area contributed by atoms with Crippen molar-refractivity contribution < 1.29 is 28.7 Å². The Labute approximate surface area is 354 Å². The Hall–Kier alpha value is -6.62. The quantitative estimate of drug-likeness (QED) is 0.118. The van der Waals surface area contributed by atoms with Crippen molar-refractivity contribution >= 4 is 35.0 Å². The van der Waals surface area contributed by atoms with Gasteiger partial charge in [-0.25, -0.2) is 19.6 Å². The average Bonchev–Trinajstić information content (AvgIpc) is 3.75. The number of fused-ring (bicyclic) bond motifs is 2. The van der Waals surface area contributed by atoms with Crippen molar-refractivity contribution in [3.63, 3.8) is 0 Å². The monoisotopic (exact) mass is 822 g/mol. The smallest absolute Gasteiger partial charge is 0.407 e. The number of rotatable bonds is 9. The van der Waals surface area contributed by atoms with Crippen LogP contribution >= 0.6 is 0 Å². The first-order valence-electron chi connectivity index (χ1n) is 21.0. The normalized spacial score (nSPS) is 22.9. The van der Waals surface area contributed by atoms with E-state index in [1.54, 1.807) is 0 Å². The van der Waals surface area contributed by atoms with E-state index in [1.807, 2.05) is 103 Å². The van der Waals surface area contributed by atoms with Gasteiger partial charge in [-0.3, -0.25) is 9.59 Å². The molecule has 4 fully saturated rings. The lowest BCUT2D eigenvalue weighted by Crippen LogP contribution is -2.51. The van der Waals surface area contributed by atoms with Crippen molar-refractivity contribution in [1.29, 1.82) is 0 Å². The first-order valence-corrected chi connectivity index (χ1v) is 21.0. The van der Waals surface area contributed by atoms with Gasteiger partial charge in [0, 0.05) is 23.7 Å². The van der Waals surface area contributed by atoms with Crippen LogP contribution in [0.1, 0.15) is 92.9 Å². The highest BCUT2D eigenvalue weighted by molar-refractivity contribution is 5.89. The number of amides is 4. The second-order valence-electron chi connectivity index (χ2n) is 17.4. The number of likely N-dealkylation sites (tertiary alicyclic amines) is 2. The molecular weight excluding hydrogens is 773 g/mol. The van der Waals surface area contributed by atoms with Crippen molar-refractivity contribution in [2.75, 3.05) is 20.8 Å². The number of benzene rings is 3. The Morgan fingerprint density at radius 1 is 0.852 bits per heavy atom. The third-order valence-corrected chi connectivity index (χ3v) is 13.2. The van der Waals surface area contributed by atoms with Gasteiger partial charge < -0.3 is 39.9 Å². The van der Waals surface area contributed by atoms with Crippen molar-refractivity contribution in [2.24, 2.45) is 23.2 Å². The number of nitrogens with one attached hydrogen (secondary N) is 4. The van der Waals surface area contributed by atoms with Gasteiger partial charge in [0.25, 0.3) is 5.91 Å². The van der Waals surface area contributed by atoms with Crippen LogP contribution in [0.25, 0.3) is 22.3 Å². The molecule has 2 aromatic heterocycles. The number of hydrogen-bond donors (Lipinski definition) is 4. The van der Waals surface area contributed by atoms with Crippen LogP contribution in [-0.4, -0.2) is 86.6 Å². The lowest BCUT2D eigenvalue weighted by Gasteiger charge is -2.31. The number of aromatic nitrogens is 4. The molecule has 9 rings (SSSR count). The Kier molecular flexibility index (Phi) is 10.3. The van der Waals surface area contributed by atoms with Crippen molar-refractivity contribution in [1.82, 2.24) is 40.4 Å². The van der Waals surface area contributed by atoms with Crippen LogP contribution in [0.5, 0.6) is 0 Å². The number of carbonyl (C=O) groups excluding carboxylic acids is 4. The first kappa shape index (κ1) is 39.8. The highest BCUT2D eigenvalue weighted by Gasteiger charge is 2.61. The van der Waals surface area contributed by atoms with Crippen LogP contribution in [0, 0.1) is 35.0 Å². The molecule has 0 bridgehead atoms. The summed E-state index contributed by atoms with van der Waals surface area (Å²) in [6.07, 6.45) is 4.29. The number of imidazole rings is 2. The molecule has 14 nitrogen and oxygen atoms in total. The molecule has 314 valence electrons. The molecule has 2 saturated heterocycles. The highest BCUT2D eigenvalue weighted by Crippen LogP contribution is 2.59. The fraction of sp³-hybridized carbons (Fsp3) is 0.404. The Bertz CT molecular complexity index is 2550. The number of aromatic amines is 2. The summed E-state index contributed by atoms with van der Waals surface area (Å²) in [6, 6.07) is 21.1. The van der Waals surface area contributed by atoms with Gasteiger partial charge in [-0.15, -0.1) is 0 Å². The molecule has 2 saturated carbocycles. The summed E-state index contributed by atoms with van der Waals surface area (Å²) in [6.45, 7) is 6.64. The number of piperidine rings is 1. The molecule has 1 spiro atoms. The average molecular weight is 823 g/mol. The molecule has 4 N–H and O–H groups in total. The molecule has 7 atom stereocenters. The standard InChI is InChI=1S/C47H50N8O6/c1-26(2)38(52-45(58)60-4)43(56)54-25-47(19-20-47)23-37(54)41-48-24-35(51-41)30-16-13-28(14-17-30)11-12-29-15-18-33-34(21-29)50-42(49-33)36-22-32-27(3)40(32)55(36)44(57)39(53-46(59)61-5)31-9-7-6-8-10-31/h6-10,13-18,21,24,26-27,32,36-40H,19-20,22-23,25H2,1-5H3,(H,48,51)(H,49,50)(H,52,58)(H,53,59)/t27-,32?,36+,37+,38+,39-,40?/m1/s1. The lowest BCUT2D eigenvalue weighted by atomic mass is 10.0. The van der Waals surface area contributed by atoms with Gasteiger partial charge in [-0.05, 0) is 90.3 Å². The molecule has 2 unspecified atom stereocenters. The summed E-state index contributed by atoms with van der Waals surface area (Å²) in [7, 11) is 2.59. The number of carbonyl (C=O) groups is 4. The summed E-state index contributed by atoms with van der Waals surface area (Å²) in [5.74, 6) is 8.33. The zero-order valence-electron chi connectivity index (χ0n) is 34.9. The zero-order chi connectivity index (χ0) is 42.6. The third-order valence-electron chi connectivity index (χ3n) is 13.2. The molecule has 2 aliphatic heterocycles. The van der Waals surface area contributed by atoms with Crippen LogP contribution in [0.2, 0.25) is 0 Å². The minimum Gasteiger partial charge on any atom is -0.453 e. The maximum absolute atomic E-state index is 14.3. The predicted octanol–water partition coefficient (Wildman–Crippen LogP) is 6.79. The number of ether oxygens (including phenoxy) is 2. The molecule has 4 heterocycles. The van der Waals surface area contributed by atoms with E-state index in [0.717, 1.165) is 64.9 Å². The van der Waals surface area contributed by atoms with E-state index in [4.69, 9.17) is 19.4 Å². The highest BCUT2D eigenvalue weighted by atomic mass is 16.5. The van der Waals surface area contributed by atoms with Gasteiger partial charge in [0.05, 0.1) is 49.2 Å². The van der Waals surface area contributed by atoms with Gasteiger partial charge >= 0.3 is 12.2 Å². The first-order chi connectivity index (χ1) is 29.5. The Morgan fingerprint density at radius 2 is 1.56 bits per heavy atom. The lowest BCUT2D eigenvalue weighted by molar-refractivity contribution is -0.136. The second-order valence-corrected chi connectivity index (χ2v) is 17.4. The van der Waals surface area contributed by atoms with Crippen molar-refractivity contribution in [2.45, 2.75) is 76.7 Å². The molecule has 14 heteroatoms. The van der Waals surface area contributed by atoms with E-state index >= 15 is 0 Å². The number of alkyl carbamates (subject to hydrolysis) is 2. The second kappa shape index (κ2) is 15.8. The predicted molar refractivity (Wildman–Crippen MR) is 226 cm³/mol. The fourth-order valence-corrected chi connectivity index (χ4v) is 9.46. The fourth-order valence-electron chi connectivity index (χ4n) is 9.46. The van der Waals surface area contributed by atoms with Crippen LogP contribution in [0.3, 0.4) is 0 Å². The molecule has 5 aromatic rings. The van der Waals surface area contributed by atoms with Crippen molar-refractivity contribution in [3.8, 4) is 23.1 Å². The largest absolute Gasteiger partial charge is 0.453 e. The number of nitrogens with zero attached hydrogens (tertiary/aromatic N) is 4. The summed E-state index contributed by atoms with van der Waals surface area (Å²) in [5.41, 5.74) is 5.86. The minimum atomic E-state index is -0.892. The van der Waals surface area contributed by atoms with E-state index in [9.17, 15) is 19.2 Å². The molecule has 4 amide bonds. The van der Waals surface area contributed by atoms with Gasteiger partial charge in [-0.1, -0.05) is 75.1 Å². The zero-order valence-corrected chi connectivity index (χ0v) is 34.9. The third kappa shape index (κ3) is 7.69. The maximum Gasteiger partial charge on any atom is 0.407 e. The van der Waals surface area contributed by atoms with Crippen LogP contribution < -0.4 is 10.6 Å². The van der Waals surface area contributed by atoms with E-state index in [1.165, 1.54) is 14.2 Å². The molecule has 3 aromatic carbocycles. The summed E-state index contributed by atoms with van der Waals surface area (Å²) < 4.78 is 9.69. The van der Waals surface area contributed by atoms with E-state index in [2.05, 4.69) is 39.4 Å². The number of methoxy groups -OCH3 is 2. The number of H-pyrrole nitrogens is 2. The Balaban J connectivity index is 0.895. The topological polar surface area (TPSA) is 175 Å².